The quantitative estimate of drug-likeness (QED) is 0.718. The van der Waals surface area contributed by atoms with Crippen LogP contribution in [0.2, 0.25) is 0 Å². The number of aromatic nitrogens is 5. The highest BCUT2D eigenvalue weighted by atomic mass is 19.1. The van der Waals surface area contributed by atoms with Crippen molar-refractivity contribution in [3.8, 4) is 11.5 Å². The fourth-order valence-corrected chi connectivity index (χ4v) is 2.91. The first kappa shape index (κ1) is 18.2. The Hall–Kier alpha value is -3.20. The summed E-state index contributed by atoms with van der Waals surface area (Å²) in [5, 5.41) is 3.25. The fraction of sp³-hybridized carbons (Fsp3) is 0.316. The van der Waals surface area contributed by atoms with Crippen molar-refractivity contribution in [2.75, 3.05) is 43.4 Å². The minimum atomic E-state index is -0.391. The summed E-state index contributed by atoms with van der Waals surface area (Å²) in [5.74, 6) is 1.45. The van der Waals surface area contributed by atoms with E-state index in [1.807, 2.05) is 6.07 Å². The molecule has 3 aromatic heterocycles. The number of piperazine rings is 1. The molecule has 0 radical (unpaired) electrons. The van der Waals surface area contributed by atoms with Crippen LogP contribution in [0, 0.1) is 5.82 Å². The lowest BCUT2D eigenvalue weighted by molar-refractivity contribution is 0.311. The molecule has 3 aromatic rings. The van der Waals surface area contributed by atoms with E-state index >= 15 is 0 Å². The zero-order chi connectivity index (χ0) is 19.3. The Kier molecular flexibility index (Phi) is 5.34. The number of anilines is 2. The third-order valence-electron chi connectivity index (χ3n) is 4.55. The van der Waals surface area contributed by atoms with Crippen molar-refractivity contribution in [2.24, 2.45) is 0 Å². The zero-order valence-electron chi connectivity index (χ0n) is 15.6. The van der Waals surface area contributed by atoms with Crippen LogP contribution in [0.5, 0.6) is 0 Å². The monoisotopic (exact) mass is 380 g/mol. The van der Waals surface area contributed by atoms with Gasteiger partial charge in [0.15, 0.2) is 5.82 Å². The van der Waals surface area contributed by atoms with Crippen LogP contribution in [-0.4, -0.2) is 63.0 Å². The largest absolute Gasteiger partial charge is 0.364 e. The first-order valence-electron chi connectivity index (χ1n) is 9.12. The topological polar surface area (TPSA) is 83.0 Å². The summed E-state index contributed by atoms with van der Waals surface area (Å²) in [6, 6.07) is 6.56. The van der Waals surface area contributed by atoms with Gasteiger partial charge in [-0.2, -0.15) is 0 Å². The molecule has 0 bridgehead atoms. The average molecular weight is 380 g/mol. The molecule has 0 aromatic carbocycles. The van der Waals surface area contributed by atoms with Crippen LogP contribution >= 0.6 is 0 Å². The maximum absolute atomic E-state index is 13.0. The van der Waals surface area contributed by atoms with E-state index < -0.39 is 5.82 Å². The average Bonchev–Trinajstić information content (AvgIpc) is 2.74. The molecule has 0 saturated carbocycles. The van der Waals surface area contributed by atoms with E-state index in [4.69, 9.17) is 0 Å². The molecule has 4 rings (SSSR count). The van der Waals surface area contributed by atoms with Gasteiger partial charge in [0.25, 0.3) is 0 Å². The molecule has 1 aliphatic rings. The predicted molar refractivity (Wildman–Crippen MR) is 104 cm³/mol. The van der Waals surface area contributed by atoms with E-state index in [2.05, 4.69) is 47.1 Å². The maximum Gasteiger partial charge on any atom is 0.225 e. The number of hydrogen-bond acceptors (Lipinski definition) is 8. The van der Waals surface area contributed by atoms with E-state index in [1.54, 1.807) is 24.5 Å². The second kappa shape index (κ2) is 8.22. The molecule has 0 unspecified atom stereocenters. The van der Waals surface area contributed by atoms with E-state index in [0.29, 0.717) is 23.9 Å². The van der Waals surface area contributed by atoms with Gasteiger partial charge in [-0.05, 0) is 31.3 Å². The molecule has 144 valence electrons. The first-order valence-corrected chi connectivity index (χ1v) is 9.12. The molecule has 0 aliphatic carbocycles. The highest BCUT2D eigenvalue weighted by molar-refractivity contribution is 5.51. The van der Waals surface area contributed by atoms with Crippen molar-refractivity contribution in [2.45, 2.75) is 6.54 Å². The third kappa shape index (κ3) is 4.37. The van der Waals surface area contributed by atoms with Crippen LogP contribution < -0.4 is 10.2 Å². The highest BCUT2D eigenvalue weighted by Crippen LogP contribution is 2.15. The molecule has 9 heteroatoms. The molecule has 0 atom stereocenters. The van der Waals surface area contributed by atoms with Crippen molar-refractivity contribution in [3.05, 3.63) is 54.4 Å². The number of nitrogens with one attached hydrogen (secondary N) is 1. The summed E-state index contributed by atoms with van der Waals surface area (Å²) in [5.41, 5.74) is 1.40. The standard InChI is InChI=1S/C19H21FN8/c1-27-8-10-28(11-9-27)19-22-6-4-15(25-19)13-24-17-5-7-21-18(26-17)16-3-2-14(20)12-23-16/h2-7,12H,8-11,13H2,1H3,(H,21,24,26). The van der Waals surface area contributed by atoms with Crippen LogP contribution in [0.3, 0.4) is 0 Å². The Morgan fingerprint density at radius 1 is 0.964 bits per heavy atom. The molecule has 8 nitrogen and oxygen atoms in total. The molecule has 1 fully saturated rings. The minimum absolute atomic E-state index is 0.391. The van der Waals surface area contributed by atoms with Crippen LogP contribution in [0.25, 0.3) is 11.5 Å². The zero-order valence-corrected chi connectivity index (χ0v) is 15.6. The number of halogens is 1. The van der Waals surface area contributed by atoms with Gasteiger partial charge in [-0.25, -0.2) is 29.3 Å². The molecule has 1 N–H and O–H groups in total. The predicted octanol–water partition coefficient (Wildman–Crippen LogP) is 1.83. The summed E-state index contributed by atoms with van der Waals surface area (Å²) < 4.78 is 13.0. The number of nitrogens with zero attached hydrogens (tertiary/aromatic N) is 7. The van der Waals surface area contributed by atoms with E-state index in [0.717, 1.165) is 44.0 Å². The van der Waals surface area contributed by atoms with Gasteiger partial charge in [0.2, 0.25) is 5.95 Å². The van der Waals surface area contributed by atoms with Crippen LogP contribution in [0.1, 0.15) is 5.69 Å². The lowest BCUT2D eigenvalue weighted by atomic mass is 10.3. The second-order valence-corrected chi connectivity index (χ2v) is 6.62. The van der Waals surface area contributed by atoms with Crippen molar-refractivity contribution in [1.29, 1.82) is 0 Å². The molecule has 4 heterocycles. The molecule has 0 spiro atoms. The van der Waals surface area contributed by atoms with Gasteiger partial charge in [0, 0.05) is 38.6 Å². The van der Waals surface area contributed by atoms with E-state index in [9.17, 15) is 4.39 Å². The van der Waals surface area contributed by atoms with Crippen LogP contribution in [-0.2, 0) is 6.54 Å². The molecule has 1 saturated heterocycles. The number of rotatable bonds is 5. The Labute approximate surface area is 162 Å². The molecule has 1 aliphatic heterocycles. The fourth-order valence-electron chi connectivity index (χ4n) is 2.91. The number of hydrogen-bond donors (Lipinski definition) is 1. The maximum atomic E-state index is 13.0. The minimum Gasteiger partial charge on any atom is -0.364 e. The molecule has 0 amide bonds. The number of pyridine rings is 1. The lowest BCUT2D eigenvalue weighted by Gasteiger charge is -2.32. The van der Waals surface area contributed by atoms with Crippen molar-refractivity contribution in [1.82, 2.24) is 29.8 Å². The van der Waals surface area contributed by atoms with Gasteiger partial charge in [-0.1, -0.05) is 0 Å². The SMILES string of the molecule is CN1CCN(c2nccc(CNc3ccnc(-c4ccc(F)cn4)n3)n2)CC1. The Morgan fingerprint density at radius 3 is 2.57 bits per heavy atom. The molecule has 28 heavy (non-hydrogen) atoms. The van der Waals surface area contributed by atoms with Gasteiger partial charge in [-0.15, -0.1) is 0 Å². The summed E-state index contributed by atoms with van der Waals surface area (Å²) >= 11 is 0. The summed E-state index contributed by atoms with van der Waals surface area (Å²) in [6.45, 7) is 4.37. The molecular formula is C19H21FN8. The van der Waals surface area contributed by atoms with Crippen LogP contribution in [0.4, 0.5) is 16.2 Å². The lowest BCUT2D eigenvalue weighted by Crippen LogP contribution is -2.45. The van der Waals surface area contributed by atoms with Gasteiger partial charge in [0.05, 0.1) is 18.4 Å². The van der Waals surface area contributed by atoms with Crippen molar-refractivity contribution in [3.63, 3.8) is 0 Å². The van der Waals surface area contributed by atoms with Crippen LogP contribution in [0.15, 0.2) is 42.9 Å². The normalized spacial score (nSPS) is 14.9. The first-order chi connectivity index (χ1) is 13.7. The number of likely N-dealkylation sites (N-methyl/N-ethyl adjacent to an activating group) is 1. The Bertz CT molecular complexity index is 925. The van der Waals surface area contributed by atoms with Crippen molar-refractivity contribution >= 4 is 11.8 Å². The van der Waals surface area contributed by atoms with Gasteiger partial charge in [-0.3, -0.25) is 0 Å². The van der Waals surface area contributed by atoms with Crippen molar-refractivity contribution < 1.29 is 4.39 Å². The van der Waals surface area contributed by atoms with E-state index in [-0.39, 0.29) is 0 Å². The van der Waals surface area contributed by atoms with Gasteiger partial charge in [0.1, 0.15) is 17.3 Å². The van der Waals surface area contributed by atoms with Gasteiger partial charge < -0.3 is 15.1 Å². The second-order valence-electron chi connectivity index (χ2n) is 6.62. The summed E-state index contributed by atoms with van der Waals surface area (Å²) in [7, 11) is 2.12. The highest BCUT2D eigenvalue weighted by Gasteiger charge is 2.16. The summed E-state index contributed by atoms with van der Waals surface area (Å²) in [4.78, 5) is 26.2. The van der Waals surface area contributed by atoms with E-state index in [1.165, 1.54) is 6.07 Å². The summed E-state index contributed by atoms with van der Waals surface area (Å²) in [6.07, 6.45) is 4.58. The third-order valence-corrected chi connectivity index (χ3v) is 4.55. The Morgan fingerprint density at radius 2 is 1.79 bits per heavy atom. The molecular weight excluding hydrogens is 359 g/mol. The Balaban J connectivity index is 1.43. The smallest absolute Gasteiger partial charge is 0.225 e. The van der Waals surface area contributed by atoms with Gasteiger partial charge >= 0.3 is 0 Å².